The fourth-order valence-electron chi connectivity index (χ4n) is 3.10. The Kier molecular flexibility index (Phi) is 4.98. The van der Waals surface area contributed by atoms with Crippen LogP contribution in [0.25, 0.3) is 22.6 Å². The van der Waals surface area contributed by atoms with Crippen molar-refractivity contribution in [2.45, 2.75) is 0 Å². The summed E-state index contributed by atoms with van der Waals surface area (Å²) in [5.41, 5.74) is 3.55. The maximum absolute atomic E-state index is 13.1. The molecule has 2 aromatic heterocycles. The van der Waals surface area contributed by atoms with E-state index in [2.05, 4.69) is 22.1 Å². The van der Waals surface area contributed by atoms with Crippen LogP contribution in [-0.2, 0) is 0 Å². The number of hydrogen-bond acceptors (Lipinski definition) is 4. The van der Waals surface area contributed by atoms with Crippen LogP contribution in [0.4, 0.5) is 10.1 Å². The largest absolute Gasteiger partial charge is 0.455 e. The second-order valence-corrected chi connectivity index (χ2v) is 6.98. The molecule has 154 valence electrons. The molecule has 0 aliphatic heterocycles. The number of oxazole rings is 1. The molecule has 0 spiro atoms. The van der Waals surface area contributed by atoms with Crippen LogP contribution in [0.5, 0.6) is 0 Å². The lowest BCUT2D eigenvalue weighted by Crippen LogP contribution is -2.10. The van der Waals surface area contributed by atoms with Crippen molar-refractivity contribution in [1.29, 1.82) is 0 Å². The number of amides is 1. The minimum atomic E-state index is -0.334. The van der Waals surface area contributed by atoms with E-state index in [0.717, 1.165) is 5.56 Å². The fourth-order valence-corrected chi connectivity index (χ4v) is 3.10. The lowest BCUT2D eigenvalue weighted by atomic mass is 10.2. The minimum Gasteiger partial charge on any atom is -0.455 e. The van der Waals surface area contributed by atoms with E-state index in [1.165, 1.54) is 18.4 Å². The number of anilines is 1. The van der Waals surface area contributed by atoms with Gasteiger partial charge < -0.3 is 14.2 Å². The van der Waals surface area contributed by atoms with Crippen molar-refractivity contribution in [3.8, 4) is 23.3 Å². The van der Waals surface area contributed by atoms with E-state index in [1.54, 1.807) is 36.4 Å². The molecule has 6 heteroatoms. The predicted molar refractivity (Wildman–Crippen MR) is 118 cm³/mol. The van der Waals surface area contributed by atoms with E-state index in [9.17, 15) is 9.18 Å². The van der Waals surface area contributed by atoms with E-state index < -0.39 is 0 Å². The van der Waals surface area contributed by atoms with Crippen molar-refractivity contribution in [1.82, 2.24) is 4.98 Å². The molecule has 5 rings (SSSR count). The van der Waals surface area contributed by atoms with Gasteiger partial charge in [-0.1, -0.05) is 24.1 Å². The molecule has 0 fully saturated rings. The maximum Gasteiger partial charge on any atom is 0.258 e. The number of nitrogens with one attached hydrogen (secondary N) is 1. The molecular formula is C26H15FN2O3. The van der Waals surface area contributed by atoms with Gasteiger partial charge in [0.2, 0.25) is 5.89 Å². The number of fused-ring (bicyclic) bond motifs is 1. The SMILES string of the molecule is O=C(Nc1ccc2nc(-c3ccc(F)cc3)oc2c1)c1coc(C#Cc2ccccc2)c1. The predicted octanol–water partition coefficient (Wildman–Crippen LogP) is 5.88. The van der Waals surface area contributed by atoms with Crippen LogP contribution >= 0.6 is 0 Å². The fraction of sp³-hybridized carbons (Fsp3) is 0. The highest BCUT2D eigenvalue weighted by atomic mass is 19.1. The smallest absolute Gasteiger partial charge is 0.258 e. The second kappa shape index (κ2) is 8.25. The van der Waals surface area contributed by atoms with Gasteiger partial charge in [-0.25, -0.2) is 9.37 Å². The van der Waals surface area contributed by atoms with Gasteiger partial charge in [-0.05, 0) is 54.5 Å². The highest BCUT2D eigenvalue weighted by molar-refractivity contribution is 6.04. The van der Waals surface area contributed by atoms with E-state index in [0.29, 0.717) is 39.6 Å². The number of halogens is 1. The Hall–Kier alpha value is -4.63. The quantitative estimate of drug-likeness (QED) is 0.369. The molecule has 0 atom stereocenters. The Morgan fingerprint density at radius 1 is 0.938 bits per heavy atom. The molecule has 1 amide bonds. The van der Waals surface area contributed by atoms with Crippen LogP contribution in [0.15, 0.2) is 94.0 Å². The monoisotopic (exact) mass is 422 g/mol. The third-order valence-electron chi connectivity index (χ3n) is 4.70. The molecule has 1 N–H and O–H groups in total. The minimum absolute atomic E-state index is 0.330. The lowest BCUT2D eigenvalue weighted by molar-refractivity contribution is 0.102. The molecule has 5 nitrogen and oxygen atoms in total. The molecule has 0 saturated carbocycles. The molecule has 0 saturated heterocycles. The summed E-state index contributed by atoms with van der Waals surface area (Å²) >= 11 is 0. The van der Waals surface area contributed by atoms with Crippen LogP contribution < -0.4 is 5.32 Å². The Labute approximate surface area is 182 Å². The molecule has 0 unspecified atom stereocenters. The van der Waals surface area contributed by atoms with Crippen molar-refractivity contribution >= 4 is 22.7 Å². The number of aromatic nitrogens is 1. The molecule has 3 aromatic carbocycles. The number of nitrogens with zero attached hydrogens (tertiary/aromatic N) is 1. The molecule has 5 aromatic rings. The molecule has 0 aliphatic carbocycles. The van der Waals surface area contributed by atoms with E-state index in [-0.39, 0.29) is 11.7 Å². The van der Waals surface area contributed by atoms with Crippen molar-refractivity contribution in [3.05, 3.63) is 108 Å². The summed E-state index contributed by atoms with van der Waals surface area (Å²) in [4.78, 5) is 17.0. The number of hydrogen-bond donors (Lipinski definition) is 1. The summed E-state index contributed by atoms with van der Waals surface area (Å²) in [5, 5.41) is 2.81. The summed E-state index contributed by atoms with van der Waals surface area (Å²) in [6, 6.07) is 22.1. The van der Waals surface area contributed by atoms with Gasteiger partial charge in [0.05, 0.1) is 5.56 Å². The van der Waals surface area contributed by atoms with Gasteiger partial charge in [-0.2, -0.15) is 0 Å². The van der Waals surface area contributed by atoms with Crippen LogP contribution in [0.3, 0.4) is 0 Å². The third-order valence-corrected chi connectivity index (χ3v) is 4.70. The van der Waals surface area contributed by atoms with Gasteiger partial charge in [-0.15, -0.1) is 0 Å². The zero-order valence-electron chi connectivity index (χ0n) is 16.6. The van der Waals surface area contributed by atoms with E-state index in [4.69, 9.17) is 8.83 Å². The highest BCUT2D eigenvalue weighted by Gasteiger charge is 2.13. The van der Waals surface area contributed by atoms with Crippen molar-refractivity contribution in [3.63, 3.8) is 0 Å². The highest BCUT2D eigenvalue weighted by Crippen LogP contribution is 2.26. The number of furan rings is 1. The number of benzene rings is 3. The van der Waals surface area contributed by atoms with Crippen LogP contribution in [0.2, 0.25) is 0 Å². The molecule has 2 heterocycles. The third kappa shape index (κ3) is 4.13. The Balaban J connectivity index is 1.32. The summed E-state index contributed by atoms with van der Waals surface area (Å²) in [6.45, 7) is 0. The van der Waals surface area contributed by atoms with Crippen molar-refractivity contribution in [2.75, 3.05) is 5.32 Å². The zero-order chi connectivity index (χ0) is 21.9. The van der Waals surface area contributed by atoms with Crippen LogP contribution in [0.1, 0.15) is 21.7 Å². The van der Waals surface area contributed by atoms with Crippen molar-refractivity contribution < 1.29 is 18.0 Å². The first-order valence-corrected chi connectivity index (χ1v) is 9.77. The number of carbonyl (C=O) groups is 1. The molecule has 0 aliphatic rings. The van der Waals surface area contributed by atoms with Gasteiger partial charge in [-0.3, -0.25) is 4.79 Å². The molecule has 32 heavy (non-hydrogen) atoms. The van der Waals surface area contributed by atoms with Gasteiger partial charge in [0, 0.05) is 28.9 Å². The normalized spacial score (nSPS) is 10.5. The lowest BCUT2D eigenvalue weighted by Gasteiger charge is -2.02. The van der Waals surface area contributed by atoms with Gasteiger partial charge in [0.25, 0.3) is 5.91 Å². The Bertz CT molecular complexity index is 1470. The summed E-state index contributed by atoms with van der Waals surface area (Å²) in [6.07, 6.45) is 1.37. The number of rotatable bonds is 3. The standard InChI is InChI=1S/C26H15FN2O3/c27-20-9-7-18(8-10-20)26-29-23-13-11-21(15-24(23)32-26)28-25(30)19-14-22(31-16-19)12-6-17-4-2-1-3-5-17/h1-5,7-11,13-16H,(H,28,30). The van der Waals surface area contributed by atoms with Crippen LogP contribution in [0, 0.1) is 17.7 Å². The molecule has 0 radical (unpaired) electrons. The average Bonchev–Trinajstić information content (AvgIpc) is 3.46. The van der Waals surface area contributed by atoms with Crippen LogP contribution in [-0.4, -0.2) is 10.9 Å². The number of carbonyl (C=O) groups excluding carboxylic acids is 1. The maximum atomic E-state index is 13.1. The summed E-state index contributed by atoms with van der Waals surface area (Å²) < 4.78 is 24.3. The van der Waals surface area contributed by atoms with Crippen molar-refractivity contribution in [2.24, 2.45) is 0 Å². The van der Waals surface area contributed by atoms with Gasteiger partial charge >= 0.3 is 0 Å². The summed E-state index contributed by atoms with van der Waals surface area (Å²) in [7, 11) is 0. The first kappa shape index (κ1) is 19.3. The average molecular weight is 422 g/mol. The van der Waals surface area contributed by atoms with E-state index in [1.807, 2.05) is 30.3 Å². The molecule has 0 bridgehead atoms. The topological polar surface area (TPSA) is 68.3 Å². The van der Waals surface area contributed by atoms with E-state index >= 15 is 0 Å². The zero-order valence-corrected chi connectivity index (χ0v) is 16.6. The first-order chi connectivity index (χ1) is 15.6. The second-order valence-electron chi connectivity index (χ2n) is 6.98. The van der Waals surface area contributed by atoms with Gasteiger partial charge in [0.1, 0.15) is 17.6 Å². The first-order valence-electron chi connectivity index (χ1n) is 9.77. The molecular weight excluding hydrogens is 407 g/mol. The Morgan fingerprint density at radius 3 is 2.56 bits per heavy atom. The van der Waals surface area contributed by atoms with Gasteiger partial charge in [0.15, 0.2) is 11.3 Å². The summed E-state index contributed by atoms with van der Waals surface area (Å²) in [5.74, 6) is 6.00. The Morgan fingerprint density at radius 2 is 1.75 bits per heavy atom.